The Labute approximate surface area is 199 Å². The molecule has 0 radical (unpaired) electrons. The van der Waals surface area contributed by atoms with Crippen LogP contribution in [0.1, 0.15) is 55.7 Å². The van der Waals surface area contributed by atoms with E-state index in [1.807, 2.05) is 30.3 Å². The van der Waals surface area contributed by atoms with Gasteiger partial charge < -0.3 is 19.7 Å². The van der Waals surface area contributed by atoms with E-state index >= 15 is 0 Å². The quantitative estimate of drug-likeness (QED) is 0.362. The van der Waals surface area contributed by atoms with Gasteiger partial charge in [0, 0.05) is 24.0 Å². The van der Waals surface area contributed by atoms with Crippen LogP contribution in [0.3, 0.4) is 0 Å². The number of carboxylic acid groups (broad SMARTS) is 1. The first-order chi connectivity index (χ1) is 16.3. The molecule has 0 bridgehead atoms. The molecule has 0 spiro atoms. The van der Waals surface area contributed by atoms with Crippen LogP contribution in [-0.4, -0.2) is 27.4 Å². The molecule has 2 aromatic carbocycles. The number of aliphatic carboxylic acids is 1. The molecule has 1 aromatic heterocycles. The standard InChI is InChI=1S/C28H32O6/c1-3-18(2)15-22(23(29)16-20-7-5-4-6-8-20)27-24(30)17-25(34-28(27)33)21-12-9-19(10-13-21)11-14-26(31)32/h4-10,12-13,17-18,22-23,29-30H,3,11,14-16H2,1-2H3,(H,31,32). The second-order valence-electron chi connectivity index (χ2n) is 8.90. The van der Waals surface area contributed by atoms with E-state index in [1.54, 1.807) is 24.3 Å². The zero-order valence-electron chi connectivity index (χ0n) is 19.6. The van der Waals surface area contributed by atoms with Crippen LogP contribution in [0.5, 0.6) is 5.75 Å². The predicted octanol–water partition coefficient (Wildman–Crippen LogP) is 5.15. The lowest BCUT2D eigenvalue weighted by atomic mass is 9.82. The molecular formula is C28H32O6. The molecule has 3 rings (SSSR count). The van der Waals surface area contributed by atoms with Crippen molar-refractivity contribution in [2.75, 3.05) is 0 Å². The van der Waals surface area contributed by atoms with Gasteiger partial charge in [0.25, 0.3) is 0 Å². The van der Waals surface area contributed by atoms with E-state index in [-0.39, 0.29) is 29.4 Å². The smallest absolute Gasteiger partial charge is 0.343 e. The van der Waals surface area contributed by atoms with Crippen LogP contribution in [0.25, 0.3) is 11.3 Å². The molecular weight excluding hydrogens is 432 g/mol. The third kappa shape index (κ3) is 6.58. The van der Waals surface area contributed by atoms with Gasteiger partial charge in [-0.25, -0.2) is 4.79 Å². The molecule has 0 fully saturated rings. The average Bonchev–Trinajstić information content (AvgIpc) is 2.82. The van der Waals surface area contributed by atoms with Crippen molar-refractivity contribution in [3.63, 3.8) is 0 Å². The van der Waals surface area contributed by atoms with Crippen molar-refractivity contribution >= 4 is 5.97 Å². The third-order valence-corrected chi connectivity index (χ3v) is 6.31. The Kier molecular flexibility index (Phi) is 8.66. The summed E-state index contributed by atoms with van der Waals surface area (Å²) in [5.41, 5.74) is 1.84. The summed E-state index contributed by atoms with van der Waals surface area (Å²) in [6.45, 7) is 4.11. The van der Waals surface area contributed by atoms with Crippen LogP contribution < -0.4 is 5.63 Å². The first kappa shape index (κ1) is 25.2. The topological polar surface area (TPSA) is 108 Å². The number of benzene rings is 2. The summed E-state index contributed by atoms with van der Waals surface area (Å²) >= 11 is 0. The van der Waals surface area contributed by atoms with Crippen molar-refractivity contribution in [3.05, 3.63) is 87.8 Å². The van der Waals surface area contributed by atoms with Crippen molar-refractivity contribution in [1.82, 2.24) is 0 Å². The Balaban J connectivity index is 1.90. The SMILES string of the molecule is CCC(C)CC(c1c(O)cc(-c2ccc(CCC(=O)O)cc2)oc1=O)C(O)Cc1ccccc1. The summed E-state index contributed by atoms with van der Waals surface area (Å²) < 4.78 is 5.59. The minimum atomic E-state index is -0.864. The van der Waals surface area contributed by atoms with Crippen LogP contribution in [0.2, 0.25) is 0 Å². The maximum Gasteiger partial charge on any atom is 0.343 e. The van der Waals surface area contributed by atoms with Gasteiger partial charge >= 0.3 is 11.6 Å². The largest absolute Gasteiger partial charge is 0.507 e. The Hall–Kier alpha value is -3.38. The molecule has 180 valence electrons. The van der Waals surface area contributed by atoms with Crippen LogP contribution in [0.15, 0.2) is 69.9 Å². The monoisotopic (exact) mass is 464 g/mol. The summed E-state index contributed by atoms with van der Waals surface area (Å²) in [4.78, 5) is 23.8. The highest BCUT2D eigenvalue weighted by atomic mass is 16.4. The van der Waals surface area contributed by atoms with E-state index in [4.69, 9.17) is 9.52 Å². The molecule has 0 aliphatic carbocycles. The number of aryl methyl sites for hydroxylation is 1. The molecule has 6 heteroatoms. The number of hydrogen-bond donors (Lipinski definition) is 3. The van der Waals surface area contributed by atoms with Crippen molar-refractivity contribution in [2.45, 2.75) is 58.0 Å². The minimum Gasteiger partial charge on any atom is -0.507 e. The molecule has 3 atom stereocenters. The fourth-order valence-corrected chi connectivity index (χ4v) is 4.13. The number of aliphatic hydroxyl groups excluding tert-OH is 1. The first-order valence-electron chi connectivity index (χ1n) is 11.7. The Bertz CT molecular complexity index is 1130. The van der Waals surface area contributed by atoms with Crippen LogP contribution in [-0.2, 0) is 17.6 Å². The van der Waals surface area contributed by atoms with E-state index < -0.39 is 23.6 Å². The molecule has 0 saturated carbocycles. The maximum absolute atomic E-state index is 13.0. The van der Waals surface area contributed by atoms with Crippen LogP contribution in [0.4, 0.5) is 0 Å². The maximum atomic E-state index is 13.0. The van der Waals surface area contributed by atoms with Crippen molar-refractivity contribution < 1.29 is 24.5 Å². The molecule has 3 unspecified atom stereocenters. The van der Waals surface area contributed by atoms with Gasteiger partial charge in [-0.05, 0) is 36.3 Å². The Morgan fingerprint density at radius 3 is 2.29 bits per heavy atom. The van der Waals surface area contributed by atoms with E-state index in [0.29, 0.717) is 24.8 Å². The summed E-state index contributed by atoms with van der Waals surface area (Å²) in [6, 6.07) is 18.0. The van der Waals surface area contributed by atoms with Gasteiger partial charge in [-0.15, -0.1) is 0 Å². The second-order valence-corrected chi connectivity index (χ2v) is 8.90. The van der Waals surface area contributed by atoms with Gasteiger partial charge in [0.2, 0.25) is 0 Å². The lowest BCUT2D eigenvalue weighted by molar-refractivity contribution is -0.136. The number of carbonyl (C=O) groups is 1. The fraction of sp³-hybridized carbons (Fsp3) is 0.357. The summed E-state index contributed by atoms with van der Waals surface area (Å²) in [7, 11) is 0. The number of rotatable bonds is 11. The Morgan fingerprint density at radius 1 is 1.03 bits per heavy atom. The van der Waals surface area contributed by atoms with Gasteiger partial charge in [-0.3, -0.25) is 4.79 Å². The average molecular weight is 465 g/mol. The second kappa shape index (κ2) is 11.7. The lowest BCUT2D eigenvalue weighted by Gasteiger charge is -2.26. The molecule has 0 aliphatic rings. The minimum absolute atomic E-state index is 0.0345. The summed E-state index contributed by atoms with van der Waals surface area (Å²) in [5, 5.41) is 30.8. The van der Waals surface area contributed by atoms with Crippen LogP contribution >= 0.6 is 0 Å². The molecule has 3 aromatic rings. The highest BCUT2D eigenvalue weighted by molar-refractivity contribution is 5.67. The van der Waals surface area contributed by atoms with E-state index in [2.05, 4.69) is 13.8 Å². The molecule has 3 N–H and O–H groups in total. The summed E-state index contributed by atoms with van der Waals surface area (Å²) in [5.74, 6) is -1.17. The molecule has 1 heterocycles. The molecule has 6 nitrogen and oxygen atoms in total. The fourth-order valence-electron chi connectivity index (χ4n) is 4.13. The number of aliphatic hydroxyl groups is 1. The predicted molar refractivity (Wildman–Crippen MR) is 131 cm³/mol. The molecule has 0 saturated heterocycles. The highest BCUT2D eigenvalue weighted by Crippen LogP contribution is 2.35. The lowest BCUT2D eigenvalue weighted by Crippen LogP contribution is -2.27. The molecule has 34 heavy (non-hydrogen) atoms. The Morgan fingerprint density at radius 2 is 1.71 bits per heavy atom. The van der Waals surface area contributed by atoms with Gasteiger partial charge in [-0.1, -0.05) is 74.9 Å². The van der Waals surface area contributed by atoms with Gasteiger partial charge in [0.15, 0.2) is 0 Å². The van der Waals surface area contributed by atoms with Gasteiger partial charge in [-0.2, -0.15) is 0 Å². The number of carboxylic acids is 1. The van der Waals surface area contributed by atoms with E-state index in [9.17, 15) is 19.8 Å². The molecule has 0 aliphatic heterocycles. The van der Waals surface area contributed by atoms with E-state index in [0.717, 1.165) is 17.5 Å². The number of hydrogen-bond acceptors (Lipinski definition) is 5. The van der Waals surface area contributed by atoms with E-state index in [1.165, 1.54) is 6.07 Å². The van der Waals surface area contributed by atoms with Gasteiger partial charge in [0.1, 0.15) is 11.5 Å². The zero-order chi connectivity index (χ0) is 24.7. The normalized spacial score (nSPS) is 13.9. The third-order valence-electron chi connectivity index (χ3n) is 6.31. The summed E-state index contributed by atoms with van der Waals surface area (Å²) in [6.07, 6.45) is 1.37. The van der Waals surface area contributed by atoms with Crippen molar-refractivity contribution in [2.24, 2.45) is 5.92 Å². The zero-order valence-corrected chi connectivity index (χ0v) is 19.6. The number of aromatic hydroxyl groups is 1. The first-order valence-corrected chi connectivity index (χ1v) is 11.7. The van der Waals surface area contributed by atoms with Crippen LogP contribution in [0, 0.1) is 5.92 Å². The highest BCUT2D eigenvalue weighted by Gasteiger charge is 2.30. The molecule has 0 amide bonds. The van der Waals surface area contributed by atoms with Crippen molar-refractivity contribution in [1.29, 1.82) is 0 Å². The van der Waals surface area contributed by atoms with Crippen molar-refractivity contribution in [3.8, 4) is 17.1 Å². The van der Waals surface area contributed by atoms with Gasteiger partial charge in [0.05, 0.1) is 11.7 Å².